The summed E-state index contributed by atoms with van der Waals surface area (Å²) in [4.78, 5) is 32.4. The van der Waals surface area contributed by atoms with Crippen LogP contribution in [0.2, 0.25) is 0 Å². The van der Waals surface area contributed by atoms with E-state index in [-0.39, 0.29) is 17.5 Å². The Balaban J connectivity index is 1.25. The molecule has 3 aliphatic rings. The number of allylic oxidation sites excluding steroid dienone is 1. The van der Waals surface area contributed by atoms with Crippen molar-refractivity contribution in [3.05, 3.63) is 76.9 Å². The van der Waals surface area contributed by atoms with Crippen LogP contribution in [-0.2, 0) is 18.6 Å². The average molecular weight is 553 g/mol. The number of piperazine rings is 1. The number of anilines is 3. The van der Waals surface area contributed by atoms with Crippen molar-refractivity contribution >= 4 is 28.4 Å². The van der Waals surface area contributed by atoms with Crippen molar-refractivity contribution in [2.24, 2.45) is 5.41 Å². The summed E-state index contributed by atoms with van der Waals surface area (Å²) in [5.41, 5.74) is 3.05. The Bertz CT molecular complexity index is 1700. The van der Waals surface area contributed by atoms with Gasteiger partial charge < -0.3 is 20.2 Å². The van der Waals surface area contributed by atoms with Crippen molar-refractivity contribution in [2.45, 2.75) is 44.8 Å². The molecule has 41 heavy (non-hydrogen) atoms. The molecule has 2 fully saturated rings. The minimum Gasteiger partial charge on any atom is -0.383 e. The molecular formula is C31H36N8O2. The molecule has 2 N–H and O–H groups in total. The van der Waals surface area contributed by atoms with Crippen LogP contribution in [0.25, 0.3) is 16.9 Å². The van der Waals surface area contributed by atoms with Crippen molar-refractivity contribution in [1.29, 1.82) is 0 Å². The molecule has 3 aromatic heterocycles. The number of hydrogen-bond acceptors (Lipinski definition) is 8. The Hall–Kier alpha value is -4.02. The van der Waals surface area contributed by atoms with Gasteiger partial charge in [0.15, 0.2) is 11.5 Å². The number of nitrogens with one attached hydrogen (secondary N) is 1. The third-order valence-electron chi connectivity index (χ3n) is 9.31. The topological polar surface area (TPSA) is 104 Å². The van der Waals surface area contributed by atoms with Gasteiger partial charge in [0.2, 0.25) is 5.95 Å². The molecule has 1 saturated heterocycles. The first kappa shape index (κ1) is 25.9. The van der Waals surface area contributed by atoms with Gasteiger partial charge in [-0.1, -0.05) is 19.1 Å². The van der Waals surface area contributed by atoms with Crippen molar-refractivity contribution in [3.63, 3.8) is 0 Å². The van der Waals surface area contributed by atoms with E-state index in [9.17, 15) is 9.90 Å². The van der Waals surface area contributed by atoms with E-state index in [1.165, 1.54) is 5.69 Å². The lowest BCUT2D eigenvalue weighted by Crippen LogP contribution is -2.44. The molecule has 10 nitrogen and oxygen atoms in total. The van der Waals surface area contributed by atoms with Gasteiger partial charge in [-0.3, -0.25) is 4.79 Å². The smallest absolute Gasteiger partial charge is 0.278 e. The van der Waals surface area contributed by atoms with E-state index in [4.69, 9.17) is 9.97 Å². The summed E-state index contributed by atoms with van der Waals surface area (Å²) < 4.78 is 3.31. The lowest BCUT2D eigenvalue weighted by Gasteiger charge is -2.34. The third-order valence-corrected chi connectivity index (χ3v) is 9.31. The first-order chi connectivity index (χ1) is 19.9. The molecular weight excluding hydrogens is 516 g/mol. The Morgan fingerprint density at radius 3 is 2.51 bits per heavy atom. The molecule has 1 unspecified atom stereocenters. The van der Waals surface area contributed by atoms with Crippen molar-refractivity contribution in [1.82, 2.24) is 29.2 Å². The van der Waals surface area contributed by atoms with Crippen molar-refractivity contribution in [2.75, 3.05) is 43.4 Å². The highest BCUT2D eigenvalue weighted by Crippen LogP contribution is 2.65. The largest absolute Gasteiger partial charge is 0.383 e. The molecule has 10 heteroatoms. The van der Waals surface area contributed by atoms with Crippen LogP contribution in [0.5, 0.6) is 0 Å². The Morgan fingerprint density at radius 1 is 1.07 bits per heavy atom. The number of fused-ring (bicyclic) bond motifs is 2. The van der Waals surface area contributed by atoms with Crippen LogP contribution in [-0.4, -0.2) is 67.5 Å². The van der Waals surface area contributed by atoms with E-state index in [1.807, 2.05) is 31.2 Å². The van der Waals surface area contributed by atoms with Gasteiger partial charge in [-0.15, -0.1) is 6.58 Å². The monoisotopic (exact) mass is 552 g/mol. The second-order valence-corrected chi connectivity index (χ2v) is 11.7. The first-order valence-electron chi connectivity index (χ1n) is 14.5. The highest BCUT2D eigenvalue weighted by molar-refractivity contribution is 5.77. The fourth-order valence-electron chi connectivity index (χ4n) is 6.70. The van der Waals surface area contributed by atoms with Gasteiger partial charge in [0.05, 0.1) is 12.2 Å². The minimum absolute atomic E-state index is 0.103. The van der Waals surface area contributed by atoms with Crippen LogP contribution in [0.15, 0.2) is 60.0 Å². The molecule has 4 aromatic rings. The molecule has 4 heterocycles. The number of nitrogens with zero attached hydrogens (tertiary/aromatic N) is 7. The molecule has 1 atom stereocenters. The van der Waals surface area contributed by atoms with Gasteiger partial charge in [0.25, 0.3) is 5.56 Å². The Morgan fingerprint density at radius 2 is 1.83 bits per heavy atom. The van der Waals surface area contributed by atoms with Gasteiger partial charge in [-0.2, -0.15) is 4.98 Å². The predicted molar refractivity (Wildman–Crippen MR) is 160 cm³/mol. The zero-order chi connectivity index (χ0) is 28.4. The molecule has 212 valence electrons. The molecule has 1 aliphatic heterocycles. The van der Waals surface area contributed by atoms with E-state index in [0.29, 0.717) is 29.2 Å². The van der Waals surface area contributed by atoms with Crippen LogP contribution >= 0.6 is 0 Å². The fraction of sp³-hybridized carbons (Fsp3) is 0.419. The number of rotatable bonds is 7. The summed E-state index contributed by atoms with van der Waals surface area (Å²) >= 11 is 0. The summed E-state index contributed by atoms with van der Waals surface area (Å²) in [5, 5.41) is 15.4. The first-order valence-corrected chi connectivity index (χ1v) is 14.5. The molecule has 7 rings (SSSR count). The number of pyridine rings is 1. The summed E-state index contributed by atoms with van der Waals surface area (Å²) in [5.74, 6) is 0.931. The van der Waals surface area contributed by atoms with E-state index >= 15 is 0 Å². The Labute approximate surface area is 238 Å². The molecule has 1 spiro atoms. The van der Waals surface area contributed by atoms with Crippen LogP contribution in [0.1, 0.15) is 37.4 Å². The van der Waals surface area contributed by atoms with Crippen LogP contribution in [0.3, 0.4) is 0 Å². The predicted octanol–water partition coefficient (Wildman–Crippen LogP) is 3.59. The molecule has 0 bridgehead atoms. The summed E-state index contributed by atoms with van der Waals surface area (Å²) in [6, 6.07) is 12.2. The number of benzene rings is 1. The number of aliphatic hydroxyl groups is 1. The summed E-state index contributed by atoms with van der Waals surface area (Å²) in [6.07, 6.45) is 6.71. The zero-order valence-electron chi connectivity index (χ0n) is 23.7. The van der Waals surface area contributed by atoms with Gasteiger partial charge in [-0.05, 0) is 68.6 Å². The number of likely N-dealkylation sites (N-methyl/N-ethyl adjacent to an activating group) is 1. The van der Waals surface area contributed by atoms with Crippen LogP contribution < -0.4 is 15.8 Å². The second-order valence-electron chi connectivity index (χ2n) is 11.7. The average Bonchev–Trinajstić information content (AvgIpc) is 3.67. The van der Waals surface area contributed by atoms with Crippen molar-refractivity contribution < 1.29 is 5.11 Å². The standard InChI is InChI=1S/C31H36N8O2/c1-4-14-38-28(40)24-20-32-29(33-22-7-9-23(10-8-22)37-17-15-36(3)16-18-37)35-27(24)39(38)25-11-6-21-19-30(12-13-30)31(41,5-2)26(21)34-25/h4,6-11,20,41H,1,5,12-19H2,2-3H3,(H,32,33,35). The zero-order valence-corrected chi connectivity index (χ0v) is 23.7. The minimum atomic E-state index is -0.956. The quantitative estimate of drug-likeness (QED) is 0.335. The van der Waals surface area contributed by atoms with E-state index in [1.54, 1.807) is 21.6 Å². The molecule has 2 aliphatic carbocycles. The fourth-order valence-corrected chi connectivity index (χ4v) is 6.70. The van der Waals surface area contributed by atoms with Gasteiger partial charge in [-0.25, -0.2) is 19.3 Å². The highest BCUT2D eigenvalue weighted by atomic mass is 16.3. The molecule has 1 saturated carbocycles. The number of aromatic nitrogens is 5. The third kappa shape index (κ3) is 4.07. The molecule has 0 amide bonds. The van der Waals surface area contributed by atoms with Crippen LogP contribution in [0, 0.1) is 5.41 Å². The van der Waals surface area contributed by atoms with Gasteiger partial charge in [0, 0.05) is 49.2 Å². The molecule has 0 radical (unpaired) electrons. The number of hydrogen-bond donors (Lipinski definition) is 2. The summed E-state index contributed by atoms with van der Waals surface area (Å²) in [7, 11) is 2.15. The SMILES string of the molecule is C=CCn1c(=O)c2cnc(Nc3ccc(N4CCN(C)CC4)cc3)nc2n1-c1ccc2c(n1)C(O)(CC)C1(CC1)C2. The van der Waals surface area contributed by atoms with Gasteiger partial charge >= 0.3 is 0 Å². The lowest BCUT2D eigenvalue weighted by atomic mass is 9.84. The second kappa shape index (κ2) is 9.53. The normalized spacial score (nSPS) is 21.4. The maximum absolute atomic E-state index is 13.4. The van der Waals surface area contributed by atoms with E-state index in [2.05, 4.69) is 45.9 Å². The summed E-state index contributed by atoms with van der Waals surface area (Å²) in [6.45, 7) is 10.3. The highest BCUT2D eigenvalue weighted by Gasteiger charge is 2.63. The maximum atomic E-state index is 13.4. The Kier molecular flexibility index (Phi) is 6.02. The maximum Gasteiger partial charge on any atom is 0.278 e. The van der Waals surface area contributed by atoms with Gasteiger partial charge in [0.1, 0.15) is 11.0 Å². The van der Waals surface area contributed by atoms with E-state index in [0.717, 1.165) is 62.4 Å². The van der Waals surface area contributed by atoms with Crippen molar-refractivity contribution in [3.8, 4) is 5.82 Å². The van der Waals surface area contributed by atoms with E-state index < -0.39 is 5.60 Å². The molecule has 1 aromatic carbocycles. The lowest BCUT2D eigenvalue weighted by molar-refractivity contribution is -0.0324. The van der Waals surface area contributed by atoms with Crippen LogP contribution in [0.4, 0.5) is 17.3 Å².